The molecule has 1 aromatic heterocycles. The number of methoxy groups -OCH3 is 2. The van der Waals surface area contributed by atoms with E-state index in [1.54, 1.807) is 25.1 Å². The number of rotatable bonds is 7. The predicted octanol–water partition coefficient (Wildman–Crippen LogP) is 3.10. The normalized spacial score (nSPS) is 12.9. The predicted molar refractivity (Wildman–Crippen MR) is 100 cm³/mol. The molecule has 0 aliphatic carbocycles. The quantitative estimate of drug-likeness (QED) is 0.779. The summed E-state index contributed by atoms with van der Waals surface area (Å²) in [7, 11) is 2.87. The minimum absolute atomic E-state index is 0.106. The van der Waals surface area contributed by atoms with Crippen molar-refractivity contribution in [2.24, 2.45) is 0 Å². The summed E-state index contributed by atoms with van der Waals surface area (Å²) in [5.74, 6) is -0.902. The third-order valence-corrected chi connectivity index (χ3v) is 4.47. The van der Waals surface area contributed by atoms with Gasteiger partial charge in [0.2, 0.25) is 0 Å². The molecule has 2 rings (SSSR count). The summed E-state index contributed by atoms with van der Waals surface area (Å²) >= 11 is 6.03. The topological polar surface area (TPSA) is 102 Å². The van der Waals surface area contributed by atoms with E-state index in [9.17, 15) is 20.0 Å². The zero-order chi connectivity index (χ0) is 20.1. The Hall–Kier alpha value is -2.82. The van der Waals surface area contributed by atoms with Crippen LogP contribution >= 0.6 is 11.6 Å². The maximum atomic E-state index is 12.7. The van der Waals surface area contributed by atoms with Crippen LogP contribution in [0.3, 0.4) is 0 Å². The summed E-state index contributed by atoms with van der Waals surface area (Å²) in [5, 5.41) is 19.3. The van der Waals surface area contributed by atoms with Crippen molar-refractivity contribution in [3.63, 3.8) is 0 Å². The fourth-order valence-electron chi connectivity index (χ4n) is 2.73. The van der Waals surface area contributed by atoms with Gasteiger partial charge in [-0.2, -0.15) is 5.26 Å². The van der Waals surface area contributed by atoms with Crippen LogP contribution in [0.25, 0.3) is 11.1 Å². The zero-order valence-corrected chi connectivity index (χ0v) is 15.9. The number of carbonyl (C=O) groups is 1. The molecule has 2 atom stereocenters. The Labute approximate surface area is 161 Å². The average molecular weight is 391 g/mol. The Morgan fingerprint density at radius 3 is 2.59 bits per heavy atom. The van der Waals surface area contributed by atoms with Crippen LogP contribution in [0.2, 0.25) is 5.02 Å². The molecule has 1 unspecified atom stereocenters. The Kier molecular flexibility index (Phi) is 6.61. The molecule has 0 aliphatic rings. The first-order valence-electron chi connectivity index (χ1n) is 8.08. The molecule has 142 valence electrons. The van der Waals surface area contributed by atoms with E-state index in [1.165, 1.54) is 26.5 Å². The number of nitrogens with zero attached hydrogens (tertiary/aromatic N) is 2. The second-order valence-electron chi connectivity index (χ2n) is 5.94. The maximum Gasteiger partial charge on any atom is 0.326 e. The molecular weight excluding hydrogens is 372 g/mol. The van der Waals surface area contributed by atoms with Crippen molar-refractivity contribution in [1.29, 1.82) is 5.26 Å². The van der Waals surface area contributed by atoms with Crippen LogP contribution < -0.4 is 10.3 Å². The largest absolute Gasteiger partial charge is 0.495 e. The third kappa shape index (κ3) is 4.48. The molecule has 7 nitrogen and oxygen atoms in total. The van der Waals surface area contributed by atoms with Gasteiger partial charge < -0.3 is 14.6 Å². The SMILES string of the molecule is COc1cn([C@@H](CC(C)OC)C(=O)O)c(=O)cc1-c1cc(Cl)ccc1C#N. The minimum atomic E-state index is -1.16. The number of hydrogen-bond acceptors (Lipinski definition) is 5. The van der Waals surface area contributed by atoms with Crippen molar-refractivity contribution in [3.05, 3.63) is 51.4 Å². The lowest BCUT2D eigenvalue weighted by Gasteiger charge is -2.21. The second-order valence-corrected chi connectivity index (χ2v) is 6.38. The van der Waals surface area contributed by atoms with Crippen LogP contribution in [-0.2, 0) is 9.53 Å². The summed E-state index contributed by atoms with van der Waals surface area (Å²) in [6, 6.07) is 6.85. The molecule has 1 aromatic carbocycles. The van der Waals surface area contributed by atoms with Crippen molar-refractivity contribution in [1.82, 2.24) is 4.57 Å². The first-order valence-corrected chi connectivity index (χ1v) is 8.46. The first kappa shape index (κ1) is 20.5. The van der Waals surface area contributed by atoms with Crippen LogP contribution in [0, 0.1) is 11.3 Å². The second kappa shape index (κ2) is 8.71. The van der Waals surface area contributed by atoms with Crippen molar-refractivity contribution in [2.75, 3.05) is 14.2 Å². The molecule has 0 saturated heterocycles. The fourth-order valence-corrected chi connectivity index (χ4v) is 2.90. The summed E-state index contributed by atoms with van der Waals surface area (Å²) < 4.78 is 11.6. The molecule has 0 spiro atoms. The van der Waals surface area contributed by atoms with Crippen molar-refractivity contribution < 1.29 is 19.4 Å². The van der Waals surface area contributed by atoms with Gasteiger partial charge in [-0.15, -0.1) is 0 Å². The number of nitriles is 1. The van der Waals surface area contributed by atoms with Gasteiger partial charge in [-0.05, 0) is 25.1 Å². The monoisotopic (exact) mass is 390 g/mol. The van der Waals surface area contributed by atoms with Gasteiger partial charge in [0, 0.05) is 35.7 Å². The van der Waals surface area contributed by atoms with E-state index in [2.05, 4.69) is 0 Å². The smallest absolute Gasteiger partial charge is 0.326 e. The Morgan fingerprint density at radius 2 is 2.04 bits per heavy atom. The molecule has 1 N–H and O–H groups in total. The van der Waals surface area contributed by atoms with E-state index < -0.39 is 17.6 Å². The van der Waals surface area contributed by atoms with Crippen molar-refractivity contribution >= 4 is 17.6 Å². The average Bonchev–Trinajstić information content (AvgIpc) is 2.65. The van der Waals surface area contributed by atoms with Crippen LogP contribution in [0.15, 0.2) is 35.3 Å². The van der Waals surface area contributed by atoms with Crippen LogP contribution in [0.5, 0.6) is 5.75 Å². The minimum Gasteiger partial charge on any atom is -0.495 e. The molecule has 0 bridgehead atoms. The maximum absolute atomic E-state index is 12.7. The molecule has 27 heavy (non-hydrogen) atoms. The van der Waals surface area contributed by atoms with Gasteiger partial charge in [0.25, 0.3) is 5.56 Å². The third-order valence-electron chi connectivity index (χ3n) is 4.23. The van der Waals surface area contributed by atoms with E-state index in [0.29, 0.717) is 21.7 Å². The lowest BCUT2D eigenvalue weighted by atomic mass is 10.00. The molecule has 8 heteroatoms. The number of aliphatic carboxylic acids is 1. The Morgan fingerprint density at radius 1 is 1.33 bits per heavy atom. The number of pyridine rings is 1. The summed E-state index contributed by atoms with van der Waals surface area (Å²) in [4.78, 5) is 24.4. The van der Waals surface area contributed by atoms with E-state index in [0.717, 1.165) is 4.57 Å². The Bertz CT molecular complexity index is 948. The summed E-state index contributed by atoms with van der Waals surface area (Å²) in [5.41, 5.74) is 0.577. The lowest BCUT2D eigenvalue weighted by Crippen LogP contribution is -2.32. The standard InChI is InChI=1S/C19H19ClN2O5/c1-11(26-2)6-16(19(24)25)22-10-17(27-3)15(8-18(22)23)14-7-13(20)5-4-12(14)9-21/h4-5,7-8,10-11,16H,6H2,1-3H3,(H,24,25)/t11?,16-/m0/s1. The lowest BCUT2D eigenvalue weighted by molar-refractivity contribution is -0.142. The van der Waals surface area contributed by atoms with Gasteiger partial charge in [-0.1, -0.05) is 11.6 Å². The number of ether oxygens (including phenoxy) is 2. The van der Waals surface area contributed by atoms with Crippen LogP contribution in [-0.4, -0.2) is 36.0 Å². The van der Waals surface area contributed by atoms with Gasteiger partial charge in [0.05, 0.1) is 31.0 Å². The van der Waals surface area contributed by atoms with E-state index in [4.69, 9.17) is 21.1 Å². The highest BCUT2D eigenvalue weighted by atomic mass is 35.5. The first-order chi connectivity index (χ1) is 12.8. The molecule has 0 aliphatic heterocycles. The van der Waals surface area contributed by atoms with E-state index in [1.807, 2.05) is 6.07 Å². The summed E-state index contributed by atoms with van der Waals surface area (Å²) in [6.45, 7) is 1.72. The van der Waals surface area contributed by atoms with E-state index in [-0.39, 0.29) is 18.3 Å². The fraction of sp³-hybridized carbons (Fsp3) is 0.316. The van der Waals surface area contributed by atoms with E-state index >= 15 is 0 Å². The molecule has 0 saturated carbocycles. The highest BCUT2D eigenvalue weighted by Gasteiger charge is 2.25. The zero-order valence-electron chi connectivity index (χ0n) is 15.1. The number of benzene rings is 1. The highest BCUT2D eigenvalue weighted by Crippen LogP contribution is 2.33. The number of carboxylic acids is 1. The summed E-state index contributed by atoms with van der Waals surface area (Å²) in [6.07, 6.45) is 1.08. The molecule has 0 amide bonds. The van der Waals surface area contributed by atoms with Gasteiger partial charge in [0.15, 0.2) is 0 Å². The molecule has 0 fully saturated rings. The van der Waals surface area contributed by atoms with Crippen LogP contribution in [0.4, 0.5) is 0 Å². The number of aromatic nitrogens is 1. The number of carboxylic acid groups (broad SMARTS) is 1. The number of halogens is 1. The molecule has 1 heterocycles. The van der Waals surface area contributed by atoms with Crippen LogP contribution in [0.1, 0.15) is 24.9 Å². The van der Waals surface area contributed by atoms with Gasteiger partial charge in [-0.3, -0.25) is 9.36 Å². The highest BCUT2D eigenvalue weighted by molar-refractivity contribution is 6.31. The molecule has 0 radical (unpaired) electrons. The number of hydrogen-bond donors (Lipinski definition) is 1. The van der Waals surface area contributed by atoms with Gasteiger partial charge >= 0.3 is 5.97 Å². The molecular formula is C19H19ClN2O5. The molecule has 2 aromatic rings. The Balaban J connectivity index is 2.65. The van der Waals surface area contributed by atoms with Crippen molar-refractivity contribution in [3.8, 4) is 22.9 Å². The van der Waals surface area contributed by atoms with Gasteiger partial charge in [0.1, 0.15) is 11.8 Å². The van der Waals surface area contributed by atoms with Gasteiger partial charge in [-0.25, -0.2) is 4.79 Å². The van der Waals surface area contributed by atoms with Crippen molar-refractivity contribution in [2.45, 2.75) is 25.5 Å².